The number of sulfonamides is 1. The molecule has 4 rings (SSSR count). The van der Waals surface area contributed by atoms with Crippen LogP contribution in [-0.4, -0.2) is 53.3 Å². The van der Waals surface area contributed by atoms with Gasteiger partial charge in [0.2, 0.25) is 10.0 Å². The Morgan fingerprint density at radius 2 is 1.48 bits per heavy atom. The number of aromatic nitrogens is 1. The first-order chi connectivity index (χ1) is 15.7. The molecule has 9 heteroatoms. The van der Waals surface area contributed by atoms with Crippen LogP contribution in [0.4, 0.5) is 0 Å². The first-order valence-corrected chi connectivity index (χ1v) is 12.6. The monoisotopic (exact) mass is 506 g/mol. The number of aliphatic hydroxyl groups excluding tert-OH is 2. The second kappa shape index (κ2) is 9.62. The number of benzene rings is 3. The van der Waals surface area contributed by atoms with Crippen molar-refractivity contribution in [2.45, 2.75) is 24.5 Å². The van der Waals surface area contributed by atoms with Crippen molar-refractivity contribution in [1.82, 2.24) is 8.87 Å². The second-order valence-corrected chi connectivity index (χ2v) is 10.8. The molecule has 33 heavy (non-hydrogen) atoms. The number of hydrogen-bond donors (Lipinski definition) is 2. The Labute approximate surface area is 202 Å². The standard InChI is InChI=1S/C24H24Cl2N2O4S/c1-16-2-6-20(7-3-16)33(31,32)27(10-11-29)14-19(30)15-28-23-8-4-17(25)12-21(23)22-13-18(26)5-9-24(22)28/h2-9,12-13,19,29-30H,10-11,14-15H2,1H3/t19-/m0/s1. The molecular weight excluding hydrogens is 483 g/mol. The predicted octanol–water partition coefficient (Wildman–Crippen LogP) is 4.45. The number of hydrogen-bond acceptors (Lipinski definition) is 4. The summed E-state index contributed by atoms with van der Waals surface area (Å²) in [4.78, 5) is 0.120. The lowest BCUT2D eigenvalue weighted by atomic mass is 10.1. The van der Waals surface area contributed by atoms with Crippen LogP contribution in [0.2, 0.25) is 10.0 Å². The average Bonchev–Trinajstić information content (AvgIpc) is 3.05. The number of rotatable bonds is 8. The van der Waals surface area contributed by atoms with Gasteiger partial charge in [0.15, 0.2) is 0 Å². The van der Waals surface area contributed by atoms with Crippen LogP contribution in [0.25, 0.3) is 21.8 Å². The van der Waals surface area contributed by atoms with Gasteiger partial charge in [-0.05, 0) is 55.5 Å². The molecule has 0 aliphatic carbocycles. The number of aliphatic hydroxyl groups is 2. The minimum atomic E-state index is -3.88. The quantitative estimate of drug-likeness (QED) is 0.369. The van der Waals surface area contributed by atoms with Gasteiger partial charge in [-0.25, -0.2) is 8.42 Å². The third-order valence-corrected chi connectivity index (χ3v) is 7.95. The fourth-order valence-electron chi connectivity index (χ4n) is 4.03. The minimum Gasteiger partial charge on any atom is -0.395 e. The highest BCUT2D eigenvalue weighted by Gasteiger charge is 2.27. The van der Waals surface area contributed by atoms with Crippen molar-refractivity contribution in [3.63, 3.8) is 0 Å². The highest BCUT2D eigenvalue weighted by atomic mass is 35.5. The third kappa shape index (κ3) is 4.89. The molecule has 0 aliphatic heterocycles. The van der Waals surface area contributed by atoms with Crippen LogP contribution in [0.3, 0.4) is 0 Å². The molecule has 0 aliphatic rings. The summed E-state index contributed by atoms with van der Waals surface area (Å²) in [7, 11) is -3.88. The molecular formula is C24H24Cl2N2O4S. The van der Waals surface area contributed by atoms with Gasteiger partial charge < -0.3 is 14.8 Å². The summed E-state index contributed by atoms with van der Waals surface area (Å²) in [6.07, 6.45) is -1.03. The highest BCUT2D eigenvalue weighted by molar-refractivity contribution is 7.89. The highest BCUT2D eigenvalue weighted by Crippen LogP contribution is 2.33. The number of fused-ring (bicyclic) bond motifs is 3. The van der Waals surface area contributed by atoms with E-state index in [4.69, 9.17) is 23.2 Å². The van der Waals surface area contributed by atoms with E-state index in [2.05, 4.69) is 0 Å². The topological polar surface area (TPSA) is 82.8 Å². The summed E-state index contributed by atoms with van der Waals surface area (Å²) in [5.41, 5.74) is 2.64. The average molecular weight is 507 g/mol. The van der Waals surface area contributed by atoms with Crippen LogP contribution < -0.4 is 0 Å². The van der Waals surface area contributed by atoms with E-state index in [1.54, 1.807) is 24.3 Å². The zero-order chi connectivity index (χ0) is 23.8. The maximum Gasteiger partial charge on any atom is 0.243 e. The van der Waals surface area contributed by atoms with Crippen LogP contribution in [0.15, 0.2) is 65.6 Å². The van der Waals surface area contributed by atoms with Crippen LogP contribution in [0, 0.1) is 6.92 Å². The van der Waals surface area contributed by atoms with Crippen molar-refractivity contribution in [3.8, 4) is 0 Å². The van der Waals surface area contributed by atoms with E-state index >= 15 is 0 Å². The number of halogens is 2. The first kappa shape index (κ1) is 24.0. The van der Waals surface area contributed by atoms with E-state index in [1.807, 2.05) is 35.8 Å². The van der Waals surface area contributed by atoms with E-state index in [0.717, 1.165) is 31.7 Å². The maximum atomic E-state index is 13.1. The zero-order valence-electron chi connectivity index (χ0n) is 17.9. The van der Waals surface area contributed by atoms with Crippen molar-refractivity contribution in [3.05, 3.63) is 76.3 Å². The second-order valence-electron chi connectivity index (χ2n) is 7.99. The van der Waals surface area contributed by atoms with Crippen molar-refractivity contribution >= 4 is 55.0 Å². The Kier molecular flexibility index (Phi) is 7.00. The maximum absolute atomic E-state index is 13.1. The normalized spacial score (nSPS) is 13.3. The van der Waals surface area contributed by atoms with E-state index in [-0.39, 0.29) is 31.1 Å². The molecule has 0 fully saturated rings. The van der Waals surface area contributed by atoms with Gasteiger partial charge in [-0.2, -0.15) is 4.31 Å². The summed E-state index contributed by atoms with van der Waals surface area (Å²) in [5.74, 6) is 0. The summed E-state index contributed by atoms with van der Waals surface area (Å²) in [5, 5.41) is 23.4. The van der Waals surface area contributed by atoms with E-state index in [0.29, 0.717) is 10.0 Å². The summed E-state index contributed by atoms with van der Waals surface area (Å²) in [6.45, 7) is 1.38. The Balaban J connectivity index is 1.67. The van der Waals surface area contributed by atoms with Crippen molar-refractivity contribution in [2.24, 2.45) is 0 Å². The van der Waals surface area contributed by atoms with Crippen LogP contribution >= 0.6 is 23.2 Å². The molecule has 0 amide bonds. The van der Waals surface area contributed by atoms with E-state index in [9.17, 15) is 18.6 Å². The van der Waals surface area contributed by atoms with Gasteiger partial charge in [-0.15, -0.1) is 0 Å². The summed E-state index contributed by atoms with van der Waals surface area (Å²) in [6, 6.07) is 17.5. The largest absolute Gasteiger partial charge is 0.395 e. The number of aryl methyl sites for hydroxylation is 1. The fourth-order valence-corrected chi connectivity index (χ4v) is 5.84. The van der Waals surface area contributed by atoms with Gasteiger partial charge in [-0.3, -0.25) is 0 Å². The Morgan fingerprint density at radius 3 is 2.00 bits per heavy atom. The van der Waals surface area contributed by atoms with Crippen LogP contribution in [0.5, 0.6) is 0 Å². The Hall–Kier alpha value is -2.13. The van der Waals surface area contributed by atoms with Crippen LogP contribution in [-0.2, 0) is 16.6 Å². The Morgan fingerprint density at radius 1 is 0.939 bits per heavy atom. The third-order valence-electron chi connectivity index (χ3n) is 5.60. The molecule has 0 bridgehead atoms. The molecule has 0 radical (unpaired) electrons. The van der Waals surface area contributed by atoms with E-state index < -0.39 is 16.1 Å². The van der Waals surface area contributed by atoms with Gasteiger partial charge in [0.25, 0.3) is 0 Å². The molecule has 6 nitrogen and oxygen atoms in total. The van der Waals surface area contributed by atoms with Gasteiger partial charge in [0, 0.05) is 44.9 Å². The molecule has 1 aromatic heterocycles. The minimum absolute atomic E-state index is 0.119. The smallest absolute Gasteiger partial charge is 0.243 e. The fraction of sp³-hybridized carbons (Fsp3) is 0.250. The molecule has 4 aromatic rings. The molecule has 0 saturated heterocycles. The molecule has 1 heterocycles. The lowest BCUT2D eigenvalue weighted by Crippen LogP contribution is -2.40. The lowest BCUT2D eigenvalue weighted by molar-refractivity contribution is 0.123. The molecule has 0 spiro atoms. The number of nitrogens with zero attached hydrogens (tertiary/aromatic N) is 2. The zero-order valence-corrected chi connectivity index (χ0v) is 20.3. The molecule has 2 N–H and O–H groups in total. The summed E-state index contributed by atoms with van der Waals surface area (Å²) >= 11 is 12.4. The molecule has 1 atom stereocenters. The molecule has 174 valence electrons. The van der Waals surface area contributed by atoms with Gasteiger partial charge in [0.05, 0.1) is 24.2 Å². The molecule has 0 unspecified atom stereocenters. The lowest BCUT2D eigenvalue weighted by Gasteiger charge is -2.25. The van der Waals surface area contributed by atoms with E-state index in [1.165, 1.54) is 12.1 Å². The van der Waals surface area contributed by atoms with Gasteiger partial charge >= 0.3 is 0 Å². The van der Waals surface area contributed by atoms with Crippen molar-refractivity contribution < 1.29 is 18.6 Å². The van der Waals surface area contributed by atoms with Crippen molar-refractivity contribution in [1.29, 1.82) is 0 Å². The van der Waals surface area contributed by atoms with Crippen LogP contribution in [0.1, 0.15) is 5.56 Å². The van der Waals surface area contributed by atoms with Gasteiger partial charge in [0.1, 0.15) is 0 Å². The summed E-state index contributed by atoms with van der Waals surface area (Å²) < 4.78 is 29.3. The molecule has 0 saturated carbocycles. The SMILES string of the molecule is Cc1ccc(S(=O)(=O)N(CCO)C[C@H](O)Cn2c3ccc(Cl)cc3c3cc(Cl)ccc32)cc1. The molecule has 3 aromatic carbocycles. The van der Waals surface area contributed by atoms with Crippen molar-refractivity contribution in [2.75, 3.05) is 19.7 Å². The predicted molar refractivity (Wildman–Crippen MR) is 132 cm³/mol. The first-order valence-electron chi connectivity index (χ1n) is 10.4. The van der Waals surface area contributed by atoms with Gasteiger partial charge in [-0.1, -0.05) is 40.9 Å². The Bertz CT molecular complexity index is 1340.